The highest BCUT2D eigenvalue weighted by Gasteiger charge is 2.52. The van der Waals surface area contributed by atoms with E-state index in [1.165, 1.54) is 10.9 Å². The van der Waals surface area contributed by atoms with Crippen LogP contribution in [0.15, 0.2) is 12.7 Å². The number of rotatable bonds is 6. The number of anilines is 1. The van der Waals surface area contributed by atoms with Gasteiger partial charge in [-0.1, -0.05) is 0 Å². The number of hydrogen-bond acceptors (Lipinski definition) is 18. The zero-order valence-corrected chi connectivity index (χ0v) is 21.6. The molecule has 198 valence electrons. The van der Waals surface area contributed by atoms with E-state index in [0.29, 0.717) is 0 Å². The fourth-order valence-corrected chi connectivity index (χ4v) is 9.86. The summed E-state index contributed by atoms with van der Waals surface area (Å²) in [5, 5.41) is 0. The molecule has 6 atom stereocenters. The Morgan fingerprint density at radius 2 is 1.69 bits per heavy atom. The molecule has 36 heavy (non-hydrogen) atoms. The SMILES string of the molecule is CC(=O)O[C@@H]1[C@H](OC(C)=O)[C@@H](COP2(=S)OP(=O)([O-])OP(=O)([O-])O2)O[C@H]1n1cnc2c(N)ncnc21. The first-order valence-corrected chi connectivity index (χ1v) is 15.1. The Morgan fingerprint density at radius 1 is 1.08 bits per heavy atom. The molecule has 0 saturated carbocycles. The molecular formula is C14H16N5O13P3S-2. The number of nitrogens with zero attached hydrogens (tertiary/aromatic N) is 4. The smallest absolute Gasteiger partial charge is 0.340 e. The number of hydrogen-bond donors (Lipinski definition) is 1. The van der Waals surface area contributed by atoms with E-state index in [0.717, 1.165) is 20.2 Å². The van der Waals surface area contributed by atoms with Crippen LogP contribution in [0.25, 0.3) is 11.2 Å². The summed E-state index contributed by atoms with van der Waals surface area (Å²) in [6.45, 7) is -3.02. The van der Waals surface area contributed by atoms with E-state index in [2.05, 4.69) is 27.9 Å². The third kappa shape index (κ3) is 5.82. The Bertz CT molecular complexity index is 1330. The quantitative estimate of drug-likeness (QED) is 0.327. The van der Waals surface area contributed by atoms with Gasteiger partial charge < -0.3 is 34.3 Å². The number of esters is 2. The van der Waals surface area contributed by atoms with E-state index in [9.17, 15) is 28.5 Å². The highest BCUT2D eigenvalue weighted by Crippen LogP contribution is 2.77. The highest BCUT2D eigenvalue weighted by atomic mass is 32.5. The van der Waals surface area contributed by atoms with Crippen molar-refractivity contribution in [2.45, 2.75) is 38.4 Å². The minimum absolute atomic E-state index is 0.0490. The maximum absolute atomic E-state index is 11.9. The van der Waals surface area contributed by atoms with Crippen molar-refractivity contribution in [1.82, 2.24) is 19.5 Å². The van der Waals surface area contributed by atoms with Gasteiger partial charge in [0.25, 0.3) is 15.6 Å². The predicted octanol–water partition coefficient (Wildman–Crippen LogP) is -0.589. The molecule has 0 spiro atoms. The summed E-state index contributed by atoms with van der Waals surface area (Å²) < 4.78 is 58.9. The topological polar surface area (TPSA) is 249 Å². The maximum Gasteiger partial charge on any atom is 0.340 e. The number of phosphoric acid groups is 2. The summed E-state index contributed by atoms with van der Waals surface area (Å²) in [6, 6.07) is 0. The van der Waals surface area contributed by atoms with Crippen molar-refractivity contribution < 1.29 is 60.2 Å². The Kier molecular flexibility index (Phi) is 7.38. The molecule has 18 nitrogen and oxygen atoms in total. The Morgan fingerprint density at radius 3 is 2.31 bits per heavy atom. The summed E-state index contributed by atoms with van der Waals surface area (Å²) in [4.78, 5) is 59.0. The average Bonchev–Trinajstić information content (AvgIpc) is 3.26. The molecule has 0 aromatic carbocycles. The summed E-state index contributed by atoms with van der Waals surface area (Å²) in [5.74, 6) is -1.52. The molecule has 22 heteroatoms. The molecule has 0 bridgehead atoms. The van der Waals surface area contributed by atoms with E-state index in [1.807, 2.05) is 0 Å². The van der Waals surface area contributed by atoms with E-state index < -0.39 is 65.4 Å². The van der Waals surface area contributed by atoms with Gasteiger partial charge >= 0.3 is 18.7 Å². The molecule has 2 aromatic heterocycles. The van der Waals surface area contributed by atoms with Crippen molar-refractivity contribution >= 4 is 63.1 Å². The van der Waals surface area contributed by atoms with E-state index in [-0.39, 0.29) is 17.0 Å². The van der Waals surface area contributed by atoms with Crippen molar-refractivity contribution in [3.05, 3.63) is 12.7 Å². The van der Waals surface area contributed by atoms with Crippen molar-refractivity contribution in [3.63, 3.8) is 0 Å². The molecule has 2 unspecified atom stereocenters. The van der Waals surface area contributed by atoms with Gasteiger partial charge in [0.05, 0.1) is 12.9 Å². The van der Waals surface area contributed by atoms with Gasteiger partial charge in [0.2, 0.25) is 0 Å². The van der Waals surface area contributed by atoms with Gasteiger partial charge in [0, 0.05) is 13.8 Å². The molecule has 4 rings (SSSR count). The minimum atomic E-state index is -5.41. The molecule has 2 aliphatic rings. The standard InChI is InChI=1S/C14H18N5O13P3S/c1-6(20)27-10-8(3-26-35(36)31-33(22,23)30-34(24,25)32-35)29-14(11(10)28-7(2)21)19-5-18-9-12(15)16-4-17-13(9)19/h4-5,8,10-11,14H,3H2,1-2H3,(H,22,23)(H,24,25)(H2,15,16,17)/p-2/t8-,10-,11-,14-/m1/s1. The molecular weight excluding hydrogens is 571 g/mol. The van der Waals surface area contributed by atoms with Crippen molar-refractivity contribution in [2.75, 3.05) is 12.3 Å². The van der Waals surface area contributed by atoms with Crippen molar-refractivity contribution in [3.8, 4) is 0 Å². The van der Waals surface area contributed by atoms with Crippen LogP contribution in [0.4, 0.5) is 5.82 Å². The third-order valence-corrected chi connectivity index (χ3v) is 11.3. The van der Waals surface area contributed by atoms with Crippen LogP contribution in [0.5, 0.6) is 0 Å². The third-order valence-electron chi connectivity index (χ3n) is 4.55. The molecule has 2 fully saturated rings. The van der Waals surface area contributed by atoms with Crippen molar-refractivity contribution in [2.24, 2.45) is 0 Å². The maximum atomic E-state index is 11.9. The number of nitrogen functional groups attached to an aromatic ring is 1. The lowest BCUT2D eigenvalue weighted by molar-refractivity contribution is -0.240. The molecule has 0 aliphatic carbocycles. The van der Waals surface area contributed by atoms with Crippen LogP contribution in [-0.4, -0.2) is 56.4 Å². The molecule has 2 saturated heterocycles. The number of aromatic nitrogens is 4. The second kappa shape index (κ2) is 9.78. The molecule has 0 amide bonds. The van der Waals surface area contributed by atoms with E-state index in [1.54, 1.807) is 0 Å². The van der Waals surface area contributed by atoms with E-state index in [4.69, 9.17) is 36.3 Å². The van der Waals surface area contributed by atoms with Crippen LogP contribution in [0.3, 0.4) is 0 Å². The van der Waals surface area contributed by atoms with Crippen LogP contribution in [-0.2, 0) is 62.2 Å². The number of carbonyl (C=O) groups excluding carboxylic acids is 2. The average molecular weight is 587 g/mol. The molecule has 2 N–H and O–H groups in total. The normalized spacial score (nSPS) is 36.6. The summed E-state index contributed by atoms with van der Waals surface area (Å²) in [7, 11) is -10.8. The van der Waals surface area contributed by atoms with Crippen LogP contribution >= 0.6 is 22.4 Å². The number of ether oxygens (including phenoxy) is 3. The lowest BCUT2D eigenvalue weighted by Crippen LogP contribution is -2.40. The van der Waals surface area contributed by atoms with Gasteiger partial charge in [-0.15, -0.1) is 0 Å². The number of fused-ring (bicyclic) bond motifs is 1. The zero-order chi connectivity index (χ0) is 26.5. The largest absolute Gasteiger partial charge is 0.756 e. The van der Waals surface area contributed by atoms with Crippen LogP contribution in [0.1, 0.15) is 20.1 Å². The first kappa shape index (κ1) is 27.2. The van der Waals surface area contributed by atoms with Crippen LogP contribution < -0.4 is 15.5 Å². The highest BCUT2D eigenvalue weighted by molar-refractivity contribution is 8.10. The Balaban J connectivity index is 1.66. The van der Waals surface area contributed by atoms with Gasteiger partial charge in [-0.3, -0.25) is 23.3 Å². The Labute approximate surface area is 206 Å². The summed E-state index contributed by atoms with van der Waals surface area (Å²) in [5.41, 5.74) is 6.18. The summed E-state index contributed by atoms with van der Waals surface area (Å²) >= 11 is 4.82. The molecule has 2 aliphatic heterocycles. The first-order valence-electron chi connectivity index (χ1n) is 9.62. The van der Waals surface area contributed by atoms with Gasteiger partial charge in [0.1, 0.15) is 17.9 Å². The van der Waals surface area contributed by atoms with Gasteiger partial charge in [-0.2, -0.15) is 0 Å². The second-order valence-electron chi connectivity index (χ2n) is 7.18. The van der Waals surface area contributed by atoms with Gasteiger partial charge in [-0.25, -0.2) is 27.9 Å². The summed E-state index contributed by atoms with van der Waals surface area (Å²) in [6.07, 6.45) is -2.78. The number of carbonyl (C=O) groups is 2. The minimum Gasteiger partial charge on any atom is -0.756 e. The second-order valence-corrected chi connectivity index (χ2v) is 13.4. The van der Waals surface area contributed by atoms with E-state index >= 15 is 0 Å². The lowest BCUT2D eigenvalue weighted by Gasteiger charge is -2.40. The van der Waals surface area contributed by atoms with Crippen LogP contribution in [0.2, 0.25) is 0 Å². The lowest BCUT2D eigenvalue weighted by atomic mass is 10.1. The van der Waals surface area contributed by atoms with Crippen molar-refractivity contribution in [1.29, 1.82) is 0 Å². The number of nitrogens with two attached hydrogens (primary N) is 1. The van der Waals surface area contributed by atoms with Crippen LogP contribution in [0, 0.1) is 0 Å². The predicted molar refractivity (Wildman–Crippen MR) is 113 cm³/mol. The zero-order valence-electron chi connectivity index (χ0n) is 18.1. The number of imidazole rings is 1. The fourth-order valence-electron chi connectivity index (χ4n) is 3.40. The molecule has 4 heterocycles. The molecule has 2 aromatic rings. The Hall–Kier alpha value is -1.88. The fraction of sp³-hybridized carbons (Fsp3) is 0.500. The van der Waals surface area contributed by atoms with Gasteiger partial charge in [0.15, 0.2) is 29.9 Å². The monoisotopic (exact) mass is 587 g/mol. The first-order chi connectivity index (χ1) is 16.7. The van der Waals surface area contributed by atoms with Gasteiger partial charge in [-0.05, 0) is 11.8 Å². The molecule has 0 radical (unpaired) electrons.